The summed E-state index contributed by atoms with van der Waals surface area (Å²) in [6, 6.07) is 36.7. The van der Waals surface area contributed by atoms with E-state index in [0.717, 1.165) is 36.9 Å². The second-order valence-corrected chi connectivity index (χ2v) is 12.7. The number of para-hydroxylation sites is 3. The lowest BCUT2D eigenvalue weighted by Gasteiger charge is -2.35. The Morgan fingerprint density at radius 1 is 0.696 bits per heavy atom. The van der Waals surface area contributed by atoms with Gasteiger partial charge in [0.2, 0.25) is 0 Å². The van der Waals surface area contributed by atoms with Crippen LogP contribution in [0.15, 0.2) is 127 Å². The minimum atomic E-state index is -3.16. The summed E-state index contributed by atoms with van der Waals surface area (Å²) in [7, 11) is 0. The summed E-state index contributed by atoms with van der Waals surface area (Å²) in [6.07, 6.45) is 0. The standard InChI is InChI=1S/C43H33NOS/c1-26-23-24-30(27(2)39(26)33-17-12-19-35-41(33)45-37-21-9-7-18-34(37)43(35,3)4)28-13-11-14-29(25-28)44-36-20-8-5-15-31(36)42-40(44)32-16-6-10-22-38(32)46-42/h5-25H,1-4H3/i1D3,2D3,3D3,4D3. The monoisotopic (exact) mass is 623 g/mol. The molecule has 3 heterocycles. The largest absolute Gasteiger partial charge is 0.456 e. The molecule has 8 aromatic rings. The molecule has 3 heteroatoms. The predicted molar refractivity (Wildman–Crippen MR) is 195 cm³/mol. The van der Waals surface area contributed by atoms with E-state index in [1.165, 1.54) is 48.5 Å². The third-order valence-corrected chi connectivity index (χ3v) is 10.2. The fourth-order valence-electron chi connectivity index (χ4n) is 6.88. The summed E-state index contributed by atoms with van der Waals surface area (Å²) in [5.74, 6) is -0.281. The second-order valence-electron chi connectivity index (χ2n) is 11.6. The molecule has 9 rings (SSSR count). The molecule has 0 aliphatic carbocycles. The molecule has 46 heavy (non-hydrogen) atoms. The molecular weight excluding hydrogens is 579 g/mol. The fraction of sp³-hybridized carbons (Fsp3) is 0.116. The number of fused-ring (bicyclic) bond motifs is 7. The maximum absolute atomic E-state index is 8.99. The van der Waals surface area contributed by atoms with Crippen LogP contribution in [0.5, 0.6) is 11.5 Å². The first-order valence-electron chi connectivity index (χ1n) is 20.9. The van der Waals surface area contributed by atoms with Gasteiger partial charge in [0, 0.05) is 59.7 Å². The van der Waals surface area contributed by atoms with E-state index < -0.39 is 32.8 Å². The Kier molecular flexibility index (Phi) is 3.79. The zero-order chi connectivity index (χ0) is 41.2. The number of rotatable bonds is 3. The number of aromatic nitrogens is 1. The molecule has 0 saturated carbocycles. The lowest BCUT2D eigenvalue weighted by molar-refractivity contribution is 0.419. The fourth-order valence-corrected chi connectivity index (χ4v) is 8.10. The molecule has 2 aromatic heterocycles. The van der Waals surface area contributed by atoms with Crippen molar-refractivity contribution in [3.05, 3.63) is 150 Å². The smallest absolute Gasteiger partial charge is 0.139 e. The van der Waals surface area contributed by atoms with Gasteiger partial charge in [-0.2, -0.15) is 0 Å². The molecule has 1 aliphatic heterocycles. The van der Waals surface area contributed by atoms with Crippen LogP contribution in [0.1, 0.15) is 52.4 Å². The molecule has 1 aliphatic rings. The average Bonchev–Trinajstić information content (AvgIpc) is 3.69. The number of hydrogen-bond acceptors (Lipinski definition) is 2. The molecule has 0 bridgehead atoms. The summed E-state index contributed by atoms with van der Waals surface area (Å²) in [6.45, 7) is -12.1. The van der Waals surface area contributed by atoms with Crippen LogP contribution in [0.2, 0.25) is 0 Å². The quantitative estimate of drug-likeness (QED) is 0.191. The van der Waals surface area contributed by atoms with Gasteiger partial charge >= 0.3 is 0 Å². The number of thiophene rings is 1. The lowest BCUT2D eigenvalue weighted by Crippen LogP contribution is -2.24. The average molecular weight is 624 g/mol. The van der Waals surface area contributed by atoms with Gasteiger partial charge in [-0.3, -0.25) is 0 Å². The van der Waals surface area contributed by atoms with Crippen LogP contribution in [0.4, 0.5) is 0 Å². The molecule has 2 nitrogen and oxygen atoms in total. The predicted octanol–water partition coefficient (Wildman–Crippen LogP) is 12.4. The maximum atomic E-state index is 8.99. The maximum Gasteiger partial charge on any atom is 0.139 e. The van der Waals surface area contributed by atoms with E-state index in [4.69, 9.17) is 21.2 Å². The van der Waals surface area contributed by atoms with Gasteiger partial charge in [0.1, 0.15) is 11.5 Å². The van der Waals surface area contributed by atoms with Gasteiger partial charge in [-0.1, -0.05) is 111 Å². The first-order chi connectivity index (χ1) is 27.3. The van der Waals surface area contributed by atoms with E-state index >= 15 is 0 Å². The van der Waals surface area contributed by atoms with Crippen molar-refractivity contribution in [2.75, 3.05) is 0 Å². The van der Waals surface area contributed by atoms with Crippen LogP contribution in [0.3, 0.4) is 0 Å². The Bertz CT molecular complexity index is 2930. The molecule has 6 aromatic carbocycles. The molecule has 0 unspecified atom stereocenters. The minimum Gasteiger partial charge on any atom is -0.456 e. The van der Waals surface area contributed by atoms with Crippen LogP contribution in [0.25, 0.3) is 59.1 Å². The summed E-state index contributed by atoms with van der Waals surface area (Å²) < 4.78 is 116. The Hall–Kier alpha value is -5.12. The Balaban J connectivity index is 1.35. The molecule has 0 amide bonds. The number of ether oxygens (including phenoxy) is 1. The minimum absolute atomic E-state index is 0.0457. The van der Waals surface area contributed by atoms with Crippen LogP contribution < -0.4 is 4.74 Å². The van der Waals surface area contributed by atoms with Gasteiger partial charge in [-0.15, -0.1) is 11.3 Å². The summed E-state index contributed by atoms with van der Waals surface area (Å²) in [5, 5.41) is 2.13. The van der Waals surface area contributed by atoms with Crippen molar-refractivity contribution in [3.63, 3.8) is 0 Å². The number of nitrogens with zero attached hydrogens (tertiary/aromatic N) is 1. The van der Waals surface area contributed by atoms with E-state index in [2.05, 4.69) is 22.8 Å². The van der Waals surface area contributed by atoms with Crippen molar-refractivity contribution in [1.29, 1.82) is 0 Å². The topological polar surface area (TPSA) is 14.2 Å². The van der Waals surface area contributed by atoms with Gasteiger partial charge in [0.25, 0.3) is 0 Å². The van der Waals surface area contributed by atoms with E-state index in [1.54, 1.807) is 23.5 Å². The summed E-state index contributed by atoms with van der Waals surface area (Å²) in [4.78, 5) is 0. The molecule has 0 fully saturated rings. The van der Waals surface area contributed by atoms with Gasteiger partial charge in [0.05, 0.1) is 15.7 Å². The summed E-state index contributed by atoms with van der Waals surface area (Å²) in [5.41, 5.74) is -0.359. The molecule has 0 atom stereocenters. The third-order valence-electron chi connectivity index (χ3n) is 8.99. The Labute approximate surface area is 290 Å². The molecular formula is C43H33NOS. The van der Waals surface area contributed by atoms with Crippen molar-refractivity contribution in [2.45, 2.75) is 32.8 Å². The van der Waals surface area contributed by atoms with Gasteiger partial charge in [0.15, 0.2) is 0 Å². The molecule has 0 radical (unpaired) electrons. The molecule has 0 saturated heterocycles. The van der Waals surface area contributed by atoms with E-state index in [9.17, 15) is 0 Å². The second kappa shape index (κ2) is 9.94. The van der Waals surface area contributed by atoms with Crippen molar-refractivity contribution in [1.82, 2.24) is 4.57 Å². The highest BCUT2D eigenvalue weighted by atomic mass is 32.1. The first kappa shape index (κ1) is 17.5. The number of aryl methyl sites for hydroxylation is 1. The summed E-state index contributed by atoms with van der Waals surface area (Å²) >= 11 is 1.70. The number of hydrogen-bond donors (Lipinski definition) is 0. The highest BCUT2D eigenvalue weighted by molar-refractivity contribution is 7.26. The Morgan fingerprint density at radius 3 is 2.39 bits per heavy atom. The third kappa shape index (κ3) is 3.82. The SMILES string of the molecule is [2H]C([2H])([2H])c1ccc(-c2cccc(-n3c4ccccc4c4sc5ccccc5c43)c2)c(C([2H])([2H])[2H])c1-c1cccc2c1Oc1ccccc1C2(C([2H])([2H])[2H])C([2H])([2H])[2H]. The van der Waals surface area contributed by atoms with E-state index in [0.29, 0.717) is 5.56 Å². The van der Waals surface area contributed by atoms with Crippen LogP contribution in [-0.4, -0.2) is 4.57 Å². The molecule has 0 N–H and O–H groups in total. The van der Waals surface area contributed by atoms with Crippen LogP contribution in [-0.2, 0) is 5.41 Å². The normalized spacial score (nSPS) is 18.5. The van der Waals surface area contributed by atoms with Crippen LogP contribution in [0, 0.1) is 13.7 Å². The molecule has 0 spiro atoms. The highest BCUT2D eigenvalue weighted by Crippen LogP contribution is 2.52. The van der Waals surface area contributed by atoms with Crippen molar-refractivity contribution in [2.24, 2.45) is 0 Å². The van der Waals surface area contributed by atoms with Crippen LogP contribution >= 0.6 is 11.3 Å². The lowest BCUT2D eigenvalue weighted by atomic mass is 9.74. The zero-order valence-corrected chi connectivity index (χ0v) is 25.2. The Morgan fingerprint density at radius 2 is 1.50 bits per heavy atom. The number of benzene rings is 6. The van der Waals surface area contributed by atoms with Crippen molar-refractivity contribution < 1.29 is 21.2 Å². The highest BCUT2D eigenvalue weighted by Gasteiger charge is 2.35. The van der Waals surface area contributed by atoms with Gasteiger partial charge in [-0.25, -0.2) is 0 Å². The van der Waals surface area contributed by atoms with Crippen molar-refractivity contribution in [3.8, 4) is 39.4 Å². The first-order valence-corrected chi connectivity index (χ1v) is 15.8. The van der Waals surface area contributed by atoms with Gasteiger partial charge in [-0.05, 0) is 71.9 Å². The molecule has 222 valence electrons. The van der Waals surface area contributed by atoms with Gasteiger partial charge < -0.3 is 9.30 Å². The van der Waals surface area contributed by atoms with E-state index in [1.807, 2.05) is 48.5 Å². The van der Waals surface area contributed by atoms with Crippen molar-refractivity contribution >= 4 is 42.5 Å². The van der Waals surface area contributed by atoms with E-state index in [-0.39, 0.29) is 50.4 Å². The zero-order valence-electron chi connectivity index (χ0n) is 36.4.